The van der Waals surface area contributed by atoms with E-state index < -0.39 is 29.8 Å². The number of imide groups is 1. The first-order chi connectivity index (χ1) is 17.5. The van der Waals surface area contributed by atoms with Crippen LogP contribution in [0.5, 0.6) is 11.5 Å². The topological polar surface area (TPSA) is 88.5 Å². The second-order valence-corrected chi connectivity index (χ2v) is 9.55. The lowest BCUT2D eigenvalue weighted by molar-refractivity contribution is -0.124. The maximum atomic E-state index is 13.9. The van der Waals surface area contributed by atoms with Crippen LogP contribution < -0.4 is 14.4 Å². The number of ketones is 1. The SMILES string of the molecule is O=C(c1ccc(Cl)cc1)[C@@H]1[C@@H]2C(=O)N(c3ccc4c(c3)OCO4)C(=O)[C@@H]2[C@H]2c3ccccc3C=NN12. The lowest BCUT2D eigenvalue weighted by Crippen LogP contribution is -2.44. The minimum absolute atomic E-state index is 0.0788. The molecule has 2 amide bonds. The zero-order valence-electron chi connectivity index (χ0n) is 18.7. The fourth-order valence-electron chi connectivity index (χ4n) is 5.73. The highest BCUT2D eigenvalue weighted by Gasteiger charge is 2.65. The number of rotatable bonds is 3. The summed E-state index contributed by atoms with van der Waals surface area (Å²) in [6.07, 6.45) is 1.68. The van der Waals surface area contributed by atoms with Gasteiger partial charge in [-0.25, -0.2) is 4.90 Å². The maximum Gasteiger partial charge on any atom is 0.240 e. The summed E-state index contributed by atoms with van der Waals surface area (Å²) in [7, 11) is 0. The van der Waals surface area contributed by atoms with Crippen LogP contribution in [0, 0.1) is 11.8 Å². The molecule has 0 aliphatic carbocycles. The van der Waals surface area contributed by atoms with Crippen LogP contribution in [0.25, 0.3) is 0 Å². The van der Waals surface area contributed by atoms with E-state index in [9.17, 15) is 14.4 Å². The third-order valence-electron chi connectivity index (χ3n) is 7.30. The highest BCUT2D eigenvalue weighted by atomic mass is 35.5. The average molecular weight is 500 g/mol. The summed E-state index contributed by atoms with van der Waals surface area (Å²) in [5, 5.41) is 6.72. The molecule has 0 bridgehead atoms. The molecule has 0 aromatic heterocycles. The number of carbonyl (C=O) groups excluding carboxylic acids is 3. The van der Waals surface area contributed by atoms with E-state index in [0.29, 0.717) is 27.8 Å². The van der Waals surface area contributed by atoms with Crippen molar-refractivity contribution in [2.75, 3.05) is 11.7 Å². The van der Waals surface area contributed by atoms with Crippen molar-refractivity contribution in [3.8, 4) is 11.5 Å². The Morgan fingerprint density at radius 3 is 2.50 bits per heavy atom. The molecule has 0 N–H and O–H groups in total. The fourth-order valence-corrected chi connectivity index (χ4v) is 5.86. The molecule has 3 aromatic carbocycles. The van der Waals surface area contributed by atoms with Gasteiger partial charge in [0.05, 0.1) is 29.8 Å². The Kier molecular flexibility index (Phi) is 4.50. The summed E-state index contributed by atoms with van der Waals surface area (Å²) in [6.45, 7) is 0.0788. The number of hydrogen-bond donors (Lipinski definition) is 0. The third kappa shape index (κ3) is 2.88. The minimum atomic E-state index is -0.943. The molecular formula is C27H18ClN3O5. The van der Waals surface area contributed by atoms with Gasteiger partial charge in [0.15, 0.2) is 17.3 Å². The second-order valence-electron chi connectivity index (χ2n) is 9.12. The number of hydrogen-bond acceptors (Lipinski definition) is 7. The van der Waals surface area contributed by atoms with Crippen molar-refractivity contribution < 1.29 is 23.9 Å². The summed E-state index contributed by atoms with van der Waals surface area (Å²) in [6, 6.07) is 17.6. The van der Waals surface area contributed by atoms with Gasteiger partial charge in [0, 0.05) is 16.7 Å². The molecule has 3 aromatic rings. The van der Waals surface area contributed by atoms with E-state index in [2.05, 4.69) is 5.10 Å². The predicted molar refractivity (Wildman–Crippen MR) is 130 cm³/mol. The summed E-state index contributed by atoms with van der Waals surface area (Å²) >= 11 is 6.03. The lowest BCUT2D eigenvalue weighted by Gasteiger charge is -2.33. The highest BCUT2D eigenvalue weighted by Crippen LogP contribution is 2.53. The zero-order chi connectivity index (χ0) is 24.6. The Balaban J connectivity index is 1.36. The summed E-state index contributed by atoms with van der Waals surface area (Å²) < 4.78 is 10.8. The second kappa shape index (κ2) is 7.66. The van der Waals surface area contributed by atoms with Crippen molar-refractivity contribution in [3.63, 3.8) is 0 Å². The molecule has 4 atom stereocenters. The first-order valence-electron chi connectivity index (χ1n) is 11.5. The van der Waals surface area contributed by atoms with Gasteiger partial charge in [-0.05, 0) is 47.5 Å². The Morgan fingerprint density at radius 2 is 1.67 bits per heavy atom. The molecular weight excluding hydrogens is 482 g/mol. The van der Waals surface area contributed by atoms with Crippen molar-refractivity contribution in [2.24, 2.45) is 16.9 Å². The number of fused-ring (bicyclic) bond motifs is 6. The minimum Gasteiger partial charge on any atom is -0.454 e. The van der Waals surface area contributed by atoms with Crippen LogP contribution in [-0.4, -0.2) is 41.7 Å². The van der Waals surface area contributed by atoms with Gasteiger partial charge in [-0.15, -0.1) is 0 Å². The number of amides is 2. The molecule has 2 saturated heterocycles. The van der Waals surface area contributed by atoms with Crippen LogP contribution in [-0.2, 0) is 9.59 Å². The predicted octanol–water partition coefficient (Wildman–Crippen LogP) is 3.83. The molecule has 4 aliphatic heterocycles. The highest BCUT2D eigenvalue weighted by molar-refractivity contribution is 6.30. The van der Waals surface area contributed by atoms with E-state index in [1.165, 1.54) is 4.90 Å². The smallest absolute Gasteiger partial charge is 0.240 e. The van der Waals surface area contributed by atoms with Gasteiger partial charge in [-0.1, -0.05) is 35.9 Å². The molecule has 178 valence electrons. The third-order valence-corrected chi connectivity index (χ3v) is 7.56. The van der Waals surface area contributed by atoms with Crippen molar-refractivity contribution in [3.05, 3.63) is 88.4 Å². The van der Waals surface area contributed by atoms with E-state index in [-0.39, 0.29) is 18.5 Å². The van der Waals surface area contributed by atoms with Crippen molar-refractivity contribution in [1.29, 1.82) is 0 Å². The lowest BCUT2D eigenvalue weighted by atomic mass is 9.83. The number of hydrazone groups is 1. The van der Waals surface area contributed by atoms with E-state index in [0.717, 1.165) is 11.1 Å². The molecule has 0 radical (unpaired) electrons. The van der Waals surface area contributed by atoms with Crippen molar-refractivity contribution in [1.82, 2.24) is 5.01 Å². The van der Waals surface area contributed by atoms with Crippen LogP contribution in [0.1, 0.15) is 27.5 Å². The van der Waals surface area contributed by atoms with Gasteiger partial charge in [0.2, 0.25) is 18.6 Å². The largest absolute Gasteiger partial charge is 0.454 e. The molecule has 4 heterocycles. The summed E-state index contributed by atoms with van der Waals surface area (Å²) in [4.78, 5) is 42.9. The van der Waals surface area contributed by atoms with Crippen molar-refractivity contribution in [2.45, 2.75) is 12.1 Å². The molecule has 8 nitrogen and oxygen atoms in total. The van der Waals surface area contributed by atoms with Gasteiger partial charge >= 0.3 is 0 Å². The number of ether oxygens (including phenoxy) is 2. The van der Waals surface area contributed by atoms with Crippen LogP contribution >= 0.6 is 11.6 Å². The van der Waals surface area contributed by atoms with E-state index >= 15 is 0 Å². The molecule has 0 spiro atoms. The monoisotopic (exact) mass is 499 g/mol. The van der Waals surface area contributed by atoms with E-state index in [4.69, 9.17) is 21.1 Å². The first-order valence-corrected chi connectivity index (χ1v) is 11.9. The maximum absolute atomic E-state index is 13.9. The number of nitrogens with zero attached hydrogens (tertiary/aromatic N) is 3. The Morgan fingerprint density at radius 1 is 0.917 bits per heavy atom. The number of Topliss-reactive ketones (excluding diaryl/α,β-unsaturated/α-hetero) is 1. The van der Waals surface area contributed by atoms with Crippen LogP contribution in [0.3, 0.4) is 0 Å². The molecule has 0 unspecified atom stereocenters. The van der Waals surface area contributed by atoms with Gasteiger partial charge < -0.3 is 9.47 Å². The first kappa shape index (κ1) is 21.1. The number of halogens is 1. The molecule has 36 heavy (non-hydrogen) atoms. The zero-order valence-corrected chi connectivity index (χ0v) is 19.5. The van der Waals surface area contributed by atoms with Gasteiger partial charge in [0.1, 0.15) is 6.04 Å². The molecule has 0 saturated carbocycles. The van der Waals surface area contributed by atoms with Crippen molar-refractivity contribution >= 4 is 41.1 Å². The van der Waals surface area contributed by atoms with Crippen LogP contribution in [0.15, 0.2) is 71.8 Å². The van der Waals surface area contributed by atoms with Crippen LogP contribution in [0.4, 0.5) is 5.69 Å². The molecule has 7 rings (SSSR count). The Hall–Kier alpha value is -4.17. The normalized spacial score (nSPS) is 25.1. The number of benzene rings is 3. The molecule has 9 heteroatoms. The van der Waals surface area contributed by atoms with Gasteiger partial charge in [-0.2, -0.15) is 5.10 Å². The quantitative estimate of drug-likeness (QED) is 0.402. The molecule has 2 fully saturated rings. The Labute approximate surface area is 210 Å². The number of anilines is 1. The fraction of sp³-hybridized carbons (Fsp3) is 0.185. The van der Waals surface area contributed by atoms with E-state index in [1.807, 2.05) is 24.3 Å². The van der Waals surface area contributed by atoms with Gasteiger partial charge in [0.25, 0.3) is 0 Å². The average Bonchev–Trinajstić information content (AvgIpc) is 3.57. The Bertz CT molecular complexity index is 1490. The number of carbonyl (C=O) groups is 3. The standard InChI is InChI=1S/C27H18ClN3O5/c28-16-7-5-14(6-8-16)25(32)24-22-21(23-18-4-2-1-3-15(18)12-29-31(23)24)26(33)30(27(22)34)17-9-10-19-20(11-17)36-13-35-19/h1-12,21-24H,13H2/t21-,22+,23+,24-/m0/s1. The van der Waals surface area contributed by atoms with Gasteiger partial charge in [-0.3, -0.25) is 19.4 Å². The molecule has 4 aliphatic rings. The van der Waals surface area contributed by atoms with E-state index in [1.54, 1.807) is 53.7 Å². The summed E-state index contributed by atoms with van der Waals surface area (Å²) in [5.41, 5.74) is 2.52. The van der Waals surface area contributed by atoms with Crippen LogP contribution in [0.2, 0.25) is 5.02 Å². The summed E-state index contributed by atoms with van der Waals surface area (Å²) in [5.74, 6) is -1.74.